The van der Waals surface area contributed by atoms with E-state index in [1.54, 1.807) is 24.4 Å². The Balaban J connectivity index is 1.42. The molecular weight excluding hydrogens is 627 g/mol. The highest BCUT2D eigenvalue weighted by molar-refractivity contribution is 7.14. The first kappa shape index (κ1) is 35.4. The second kappa shape index (κ2) is 18.0. The zero-order valence-electron chi connectivity index (χ0n) is 24.6. The number of aromatic nitrogens is 4. The van der Waals surface area contributed by atoms with Crippen molar-refractivity contribution in [3.8, 4) is 11.3 Å². The summed E-state index contributed by atoms with van der Waals surface area (Å²) in [4.78, 5) is 62.7. The third-order valence-electron chi connectivity index (χ3n) is 6.45. The van der Waals surface area contributed by atoms with Crippen LogP contribution in [0.4, 0.5) is 20.0 Å². The molecule has 2 aromatic heterocycles. The lowest BCUT2D eigenvalue weighted by atomic mass is 10.1. The third kappa shape index (κ3) is 12.1. The Hall–Kier alpha value is -5.13. The molecule has 16 nitrogen and oxygen atoms in total. The molecule has 1 aromatic carbocycles. The highest BCUT2D eigenvalue weighted by Gasteiger charge is 2.24. The van der Waals surface area contributed by atoms with Crippen LogP contribution in [0.2, 0.25) is 0 Å². The van der Waals surface area contributed by atoms with Crippen molar-refractivity contribution in [2.45, 2.75) is 63.6 Å². The quantitative estimate of drug-likeness (QED) is 0.0865. The average molecular weight is 663 g/mol. The van der Waals surface area contributed by atoms with Gasteiger partial charge in [-0.15, -0.1) is 16.4 Å². The fourth-order valence-corrected chi connectivity index (χ4v) is 4.93. The van der Waals surface area contributed by atoms with Crippen molar-refractivity contribution in [1.82, 2.24) is 30.6 Å². The van der Waals surface area contributed by atoms with Gasteiger partial charge in [-0.25, -0.2) is 24.0 Å². The Morgan fingerprint density at radius 2 is 1.72 bits per heavy atom. The molecule has 2 atom stereocenters. The SMILES string of the molecule is O=C(O)CCC(NC(=O)NC(CCCCNc1nc(-c2cccc(NC(=O)Cn3cc(CCCF)nn3)c2)cs1)C(=O)O)C(=O)O. The number of unbranched alkanes of at least 4 members (excludes halogenated alkanes) is 1. The van der Waals surface area contributed by atoms with Crippen LogP contribution in [-0.2, 0) is 32.1 Å². The summed E-state index contributed by atoms with van der Waals surface area (Å²) in [5.41, 5.74) is 2.64. The van der Waals surface area contributed by atoms with E-state index >= 15 is 0 Å². The third-order valence-corrected chi connectivity index (χ3v) is 7.25. The molecule has 18 heteroatoms. The molecule has 0 aliphatic rings. The lowest BCUT2D eigenvalue weighted by Gasteiger charge is -2.18. The standard InChI is InChI=1S/C28H35FN8O8S/c29-11-4-7-19-14-37(36-35-19)15-23(38)31-18-6-3-5-17(13-18)22-16-46-28(34-22)30-12-2-1-8-20(25(41)42)32-27(45)33-21(26(43)44)9-10-24(39)40/h3,5-6,13-14,16,20-21H,1-2,4,7-12,15H2,(H,30,34)(H,31,38)(H,39,40)(H,41,42)(H,43,44)(H2,32,33,45). The van der Waals surface area contributed by atoms with Crippen LogP contribution >= 0.6 is 11.3 Å². The Bertz CT molecular complexity index is 1500. The predicted octanol–water partition coefficient (Wildman–Crippen LogP) is 2.59. The van der Waals surface area contributed by atoms with Crippen LogP contribution in [0, 0.1) is 0 Å². The lowest BCUT2D eigenvalue weighted by molar-refractivity contribution is -0.140. The summed E-state index contributed by atoms with van der Waals surface area (Å²) in [5, 5.41) is 47.9. The Kier molecular flexibility index (Phi) is 13.8. The summed E-state index contributed by atoms with van der Waals surface area (Å²) < 4.78 is 13.7. The number of carbonyl (C=O) groups is 5. The summed E-state index contributed by atoms with van der Waals surface area (Å²) in [6, 6.07) is 3.40. The van der Waals surface area contributed by atoms with Crippen LogP contribution in [-0.4, -0.2) is 90.4 Å². The van der Waals surface area contributed by atoms with Crippen molar-refractivity contribution in [3.63, 3.8) is 0 Å². The molecule has 0 saturated heterocycles. The number of amides is 3. The van der Waals surface area contributed by atoms with E-state index < -0.39 is 49.1 Å². The Morgan fingerprint density at radius 3 is 2.41 bits per heavy atom. The number of aryl methyl sites for hydroxylation is 1. The first-order chi connectivity index (χ1) is 22.0. The van der Waals surface area contributed by atoms with Crippen molar-refractivity contribution in [3.05, 3.63) is 41.5 Å². The average Bonchev–Trinajstić information content (AvgIpc) is 3.66. The largest absolute Gasteiger partial charge is 0.481 e. The van der Waals surface area contributed by atoms with E-state index in [-0.39, 0.29) is 25.3 Å². The van der Waals surface area contributed by atoms with Crippen molar-refractivity contribution in [1.29, 1.82) is 0 Å². The van der Waals surface area contributed by atoms with Gasteiger partial charge in [0.05, 0.1) is 18.1 Å². The normalized spacial score (nSPS) is 12.1. The van der Waals surface area contributed by atoms with E-state index in [0.29, 0.717) is 54.4 Å². The molecule has 0 aliphatic heterocycles. The van der Waals surface area contributed by atoms with Crippen molar-refractivity contribution >= 4 is 52.0 Å². The second-order valence-corrected chi connectivity index (χ2v) is 11.0. The van der Waals surface area contributed by atoms with Crippen LogP contribution in [0.25, 0.3) is 11.3 Å². The van der Waals surface area contributed by atoms with E-state index in [4.69, 9.17) is 10.2 Å². The fourth-order valence-electron chi connectivity index (χ4n) is 4.18. The van der Waals surface area contributed by atoms with Crippen LogP contribution < -0.4 is 21.3 Å². The van der Waals surface area contributed by atoms with E-state index in [1.807, 2.05) is 11.4 Å². The lowest BCUT2D eigenvalue weighted by Crippen LogP contribution is -2.51. The van der Waals surface area contributed by atoms with Gasteiger partial charge in [0.15, 0.2) is 5.13 Å². The molecule has 0 radical (unpaired) electrons. The molecule has 46 heavy (non-hydrogen) atoms. The zero-order valence-corrected chi connectivity index (χ0v) is 25.5. The highest BCUT2D eigenvalue weighted by atomic mass is 32.1. The van der Waals surface area contributed by atoms with Gasteiger partial charge in [-0.1, -0.05) is 17.3 Å². The smallest absolute Gasteiger partial charge is 0.326 e. The number of carboxylic acid groups (broad SMARTS) is 3. The number of alkyl halides is 1. The van der Waals surface area contributed by atoms with Gasteiger partial charge < -0.3 is 36.6 Å². The molecule has 2 unspecified atom stereocenters. The Morgan fingerprint density at radius 1 is 0.978 bits per heavy atom. The molecule has 0 spiro atoms. The van der Waals surface area contributed by atoms with Crippen molar-refractivity contribution in [2.24, 2.45) is 0 Å². The maximum absolute atomic E-state index is 12.5. The minimum atomic E-state index is -1.47. The van der Waals surface area contributed by atoms with E-state index in [9.17, 15) is 33.5 Å². The van der Waals surface area contributed by atoms with Gasteiger partial charge in [-0.2, -0.15) is 0 Å². The van der Waals surface area contributed by atoms with Gasteiger partial charge in [-0.05, 0) is 50.7 Å². The number of hydrogen-bond donors (Lipinski definition) is 7. The number of aliphatic carboxylic acids is 3. The molecule has 3 aromatic rings. The van der Waals surface area contributed by atoms with Gasteiger partial charge in [0, 0.05) is 35.8 Å². The zero-order chi connectivity index (χ0) is 33.5. The number of halogens is 1. The number of thiazole rings is 1. The fraction of sp³-hybridized carbons (Fsp3) is 0.429. The second-order valence-electron chi connectivity index (χ2n) is 10.1. The molecule has 3 rings (SSSR count). The first-order valence-electron chi connectivity index (χ1n) is 14.3. The number of nitrogens with zero attached hydrogens (tertiary/aromatic N) is 4. The number of anilines is 2. The summed E-state index contributed by atoms with van der Waals surface area (Å²) in [6.07, 6.45) is 2.62. The molecule has 0 saturated carbocycles. The molecule has 248 valence electrons. The monoisotopic (exact) mass is 662 g/mol. The summed E-state index contributed by atoms with van der Waals surface area (Å²) in [5.74, 6) is -4.25. The van der Waals surface area contributed by atoms with Crippen LogP contribution in [0.1, 0.15) is 44.2 Å². The number of hydrogen-bond acceptors (Lipinski definition) is 10. The van der Waals surface area contributed by atoms with E-state index in [0.717, 1.165) is 5.56 Å². The first-order valence-corrected chi connectivity index (χ1v) is 15.2. The molecule has 0 aliphatic carbocycles. The minimum Gasteiger partial charge on any atom is -0.481 e. The Labute approximate surface area is 266 Å². The molecule has 2 heterocycles. The van der Waals surface area contributed by atoms with Crippen LogP contribution in [0.3, 0.4) is 0 Å². The van der Waals surface area contributed by atoms with Gasteiger partial charge in [0.1, 0.15) is 18.6 Å². The van der Waals surface area contributed by atoms with E-state index in [2.05, 4.69) is 36.6 Å². The molecule has 0 fully saturated rings. The number of urea groups is 1. The summed E-state index contributed by atoms with van der Waals surface area (Å²) in [6.45, 7) is -0.0268. The molecule has 0 bridgehead atoms. The number of benzene rings is 1. The predicted molar refractivity (Wildman–Crippen MR) is 164 cm³/mol. The number of carbonyl (C=O) groups excluding carboxylic acids is 2. The number of rotatable bonds is 20. The van der Waals surface area contributed by atoms with Gasteiger partial charge in [0.2, 0.25) is 5.91 Å². The molecule has 7 N–H and O–H groups in total. The van der Waals surface area contributed by atoms with Gasteiger partial charge >= 0.3 is 23.9 Å². The maximum atomic E-state index is 12.5. The van der Waals surface area contributed by atoms with Crippen LogP contribution in [0.5, 0.6) is 0 Å². The summed E-state index contributed by atoms with van der Waals surface area (Å²) in [7, 11) is 0. The van der Waals surface area contributed by atoms with Crippen molar-refractivity contribution < 1.29 is 43.7 Å². The minimum absolute atomic E-state index is 0.0477. The van der Waals surface area contributed by atoms with Gasteiger partial charge in [-0.3, -0.25) is 14.0 Å². The molecular formula is C28H35FN8O8S. The molecule has 3 amide bonds. The topological polar surface area (TPSA) is 238 Å². The van der Waals surface area contributed by atoms with Crippen LogP contribution in [0.15, 0.2) is 35.8 Å². The highest BCUT2D eigenvalue weighted by Crippen LogP contribution is 2.27. The van der Waals surface area contributed by atoms with Gasteiger partial charge in [0.25, 0.3) is 0 Å². The summed E-state index contributed by atoms with van der Waals surface area (Å²) >= 11 is 1.37. The maximum Gasteiger partial charge on any atom is 0.326 e. The number of nitrogens with one attached hydrogen (secondary N) is 4. The van der Waals surface area contributed by atoms with Crippen molar-refractivity contribution in [2.75, 3.05) is 23.9 Å². The number of carboxylic acids is 3. The van der Waals surface area contributed by atoms with E-state index in [1.165, 1.54) is 16.0 Å².